The van der Waals surface area contributed by atoms with E-state index >= 15 is 0 Å². The van der Waals surface area contributed by atoms with E-state index in [0.29, 0.717) is 67.8 Å². The number of benzene rings is 2. The molecular formula is C44H54ClN4Na3O12S3. The molecule has 1 N–H and O–H groups in total. The third-order valence-electron chi connectivity index (χ3n) is 11.6. The van der Waals surface area contributed by atoms with E-state index in [1.807, 2.05) is 38.3 Å². The Kier molecular flexibility index (Phi) is 25.4. The first kappa shape index (κ1) is 63.5. The number of fused-ring (bicyclic) bond motifs is 2. The zero-order valence-corrected chi connectivity index (χ0v) is 48.5. The largest absolute Gasteiger partial charge is 1.00 e. The summed E-state index contributed by atoms with van der Waals surface area (Å²) in [6.45, 7) is 9.16. The zero-order valence-electron chi connectivity index (χ0n) is 39.2. The fourth-order valence-corrected chi connectivity index (χ4v) is 9.78. The summed E-state index contributed by atoms with van der Waals surface area (Å²) >= 11 is 0. The first-order chi connectivity index (χ1) is 29.4. The molecule has 5 rings (SSSR count). The monoisotopic (exact) mass is 1030 g/mol. The van der Waals surface area contributed by atoms with E-state index in [2.05, 4.69) is 10.2 Å². The number of nitrogens with one attached hydrogen (secondary N) is 1. The number of hydrogen-bond donors (Lipinski definition) is 1. The second kappa shape index (κ2) is 26.8. The SMILES string of the molecule is CC1(C)C(/C=C/C=C/C=C2/N(CCCCCC(=O)NCCCCCCN3C(=O)C=CC3=O)c3ccc(S(=O)(=O)[O-])cc3C2(C)C)=[N+](CCCS(=O)(=O)[O-])c2ccc(S(=O)(=O)[O-])cc21.[Cl-].[Na+].[Na+].[Na+]. The van der Waals surface area contributed by atoms with E-state index in [1.165, 1.54) is 47.4 Å². The summed E-state index contributed by atoms with van der Waals surface area (Å²) in [6.07, 6.45) is 17.2. The van der Waals surface area contributed by atoms with Gasteiger partial charge in [-0.1, -0.05) is 51.3 Å². The fraction of sp³-hybridized carbons (Fsp3) is 0.455. The normalized spacial score (nSPS) is 16.8. The number of unbranched alkanes of at least 4 members (excludes halogenated alkanes) is 5. The van der Waals surface area contributed by atoms with Crippen LogP contribution in [-0.2, 0) is 55.6 Å². The quantitative estimate of drug-likeness (QED) is 0.0288. The molecule has 2 aromatic rings. The number of carbonyl (C=O) groups is 3. The van der Waals surface area contributed by atoms with Crippen LogP contribution in [0.3, 0.4) is 0 Å². The van der Waals surface area contributed by atoms with Gasteiger partial charge in [0.25, 0.3) is 11.8 Å². The standard InChI is InChI=1S/C44H56N4O12S3.ClH.3Na/c1-43(2)34-30-32(62(55,56)57)19-21-36(34)46(26-14-8-11-18-40(49)45-25-12-5-6-13-27-48-41(50)23-24-42(48)51)38(43)16-9-7-10-17-39-44(3,4)35-31-33(63(58,59)60)20-22-37(35)47(39)28-15-29-61(52,53)54;;;;/h7,9-10,16-17,19-24,30-31H,5-6,8,11-15,18,25-29H2,1-4H3,(H3-,45,49,52,53,54,55,56,57,58,59,60);1H;;;/q;;3*+1/p-3. The predicted octanol–water partition coefficient (Wildman–Crippen LogP) is -7.22. The number of carbonyl (C=O) groups excluding carboxylic acids is 3. The first-order valence-electron chi connectivity index (χ1n) is 20.9. The molecule has 0 saturated carbocycles. The van der Waals surface area contributed by atoms with Crippen molar-refractivity contribution in [1.82, 2.24) is 10.2 Å². The molecule has 23 heteroatoms. The van der Waals surface area contributed by atoms with Gasteiger partial charge in [-0.2, -0.15) is 4.58 Å². The van der Waals surface area contributed by atoms with Crippen molar-refractivity contribution in [2.24, 2.45) is 0 Å². The summed E-state index contributed by atoms with van der Waals surface area (Å²) in [7, 11) is -14.0. The number of anilines is 1. The van der Waals surface area contributed by atoms with Crippen LogP contribution >= 0.6 is 0 Å². The molecule has 0 fully saturated rings. The molecule has 2 aromatic carbocycles. The summed E-state index contributed by atoms with van der Waals surface area (Å²) < 4.78 is 108. The van der Waals surface area contributed by atoms with Gasteiger partial charge in [0.1, 0.15) is 26.8 Å². The van der Waals surface area contributed by atoms with Gasteiger partial charge in [0, 0.05) is 84.9 Å². The van der Waals surface area contributed by atoms with Gasteiger partial charge in [-0.25, -0.2) is 25.3 Å². The molecule has 350 valence electrons. The number of rotatable bonds is 22. The van der Waals surface area contributed by atoms with Crippen molar-refractivity contribution in [3.8, 4) is 0 Å². The van der Waals surface area contributed by atoms with E-state index in [4.69, 9.17) is 0 Å². The van der Waals surface area contributed by atoms with E-state index in [9.17, 15) is 53.3 Å². The summed E-state index contributed by atoms with van der Waals surface area (Å²) in [5.41, 5.74) is 2.53. The van der Waals surface area contributed by atoms with Crippen LogP contribution in [0.15, 0.2) is 94.4 Å². The Morgan fingerprint density at radius 1 is 0.687 bits per heavy atom. The average Bonchev–Trinajstić information content (AvgIpc) is 3.70. The van der Waals surface area contributed by atoms with Crippen molar-refractivity contribution in [1.29, 1.82) is 0 Å². The maximum Gasteiger partial charge on any atom is 1.00 e. The Morgan fingerprint density at radius 2 is 1.24 bits per heavy atom. The molecule has 0 radical (unpaired) electrons. The van der Waals surface area contributed by atoms with Crippen molar-refractivity contribution in [3.63, 3.8) is 0 Å². The van der Waals surface area contributed by atoms with E-state index in [-0.39, 0.29) is 137 Å². The van der Waals surface area contributed by atoms with Crippen LogP contribution < -0.4 is 111 Å². The van der Waals surface area contributed by atoms with Crippen molar-refractivity contribution in [2.75, 3.05) is 36.8 Å². The summed E-state index contributed by atoms with van der Waals surface area (Å²) in [5, 5.41) is 2.95. The number of hydrogen-bond acceptors (Lipinski definition) is 13. The van der Waals surface area contributed by atoms with Crippen LogP contribution in [0, 0.1) is 0 Å². The molecule has 3 aliphatic rings. The summed E-state index contributed by atoms with van der Waals surface area (Å²) in [6, 6.07) is 8.37. The Labute approximate surface area is 467 Å². The van der Waals surface area contributed by atoms with Crippen LogP contribution in [-0.4, -0.2) is 104 Å². The van der Waals surface area contributed by atoms with E-state index in [0.717, 1.165) is 37.1 Å². The molecule has 67 heavy (non-hydrogen) atoms. The molecule has 0 unspecified atom stereocenters. The fourth-order valence-electron chi connectivity index (χ4n) is 8.31. The van der Waals surface area contributed by atoms with Crippen LogP contribution in [0.1, 0.15) is 96.6 Å². The maximum atomic E-state index is 12.5. The average molecular weight is 1030 g/mol. The smallest absolute Gasteiger partial charge is 1.00 e. The van der Waals surface area contributed by atoms with Crippen LogP contribution in [0.25, 0.3) is 0 Å². The van der Waals surface area contributed by atoms with Gasteiger partial charge in [-0.05, 0) is 81.5 Å². The van der Waals surface area contributed by atoms with Crippen molar-refractivity contribution < 1.29 is 159 Å². The second-order valence-corrected chi connectivity index (χ2v) is 21.1. The number of nitrogens with zero attached hydrogens (tertiary/aromatic N) is 3. The molecule has 0 atom stereocenters. The molecule has 0 aromatic heterocycles. The maximum absolute atomic E-state index is 12.5. The molecule has 0 aliphatic carbocycles. The number of imide groups is 1. The van der Waals surface area contributed by atoms with Crippen LogP contribution in [0.2, 0.25) is 0 Å². The predicted molar refractivity (Wildman–Crippen MR) is 233 cm³/mol. The molecule has 3 amide bonds. The Balaban J connectivity index is 0.00000561. The number of halogens is 1. The molecule has 16 nitrogen and oxygen atoms in total. The Hall–Kier alpha value is -1.50. The summed E-state index contributed by atoms with van der Waals surface area (Å²) in [4.78, 5) is 38.4. The van der Waals surface area contributed by atoms with Crippen molar-refractivity contribution >= 4 is 65.2 Å². The first-order valence-corrected chi connectivity index (χ1v) is 25.2. The molecule has 3 heterocycles. The van der Waals surface area contributed by atoms with Gasteiger partial charge in [-0.15, -0.1) is 0 Å². The summed E-state index contributed by atoms with van der Waals surface area (Å²) in [5.74, 6) is -1.21. The molecular weight excluding hydrogens is 977 g/mol. The minimum Gasteiger partial charge on any atom is -1.00 e. The minimum absolute atomic E-state index is 0. The van der Waals surface area contributed by atoms with Gasteiger partial charge in [0.05, 0.1) is 25.3 Å². The molecule has 0 saturated heterocycles. The molecule has 3 aliphatic heterocycles. The molecule has 0 spiro atoms. The van der Waals surface area contributed by atoms with Crippen LogP contribution in [0.5, 0.6) is 0 Å². The Bertz CT molecular complexity index is 2620. The number of amides is 3. The Morgan fingerprint density at radius 3 is 1.84 bits per heavy atom. The van der Waals surface area contributed by atoms with E-state index < -0.39 is 51.8 Å². The van der Waals surface area contributed by atoms with Crippen LogP contribution in [0.4, 0.5) is 11.4 Å². The van der Waals surface area contributed by atoms with Gasteiger partial charge < -0.3 is 36.3 Å². The third-order valence-corrected chi connectivity index (χ3v) is 14.1. The minimum atomic E-state index is -4.76. The zero-order chi connectivity index (χ0) is 46.4. The van der Waals surface area contributed by atoms with Crippen molar-refractivity contribution in [3.05, 3.63) is 95.8 Å². The topological polar surface area (TPSA) is 244 Å². The second-order valence-electron chi connectivity index (χ2n) is 16.9. The molecule has 0 bridgehead atoms. The van der Waals surface area contributed by atoms with E-state index in [1.54, 1.807) is 30.4 Å². The van der Waals surface area contributed by atoms with Gasteiger partial charge in [0.15, 0.2) is 5.71 Å². The number of allylic oxidation sites excluding steroid dienone is 6. The van der Waals surface area contributed by atoms with Gasteiger partial charge in [0.2, 0.25) is 11.6 Å². The van der Waals surface area contributed by atoms with Gasteiger partial charge >= 0.3 is 88.7 Å². The van der Waals surface area contributed by atoms with Crippen molar-refractivity contribution in [2.45, 2.75) is 106 Å². The van der Waals surface area contributed by atoms with Gasteiger partial charge in [-0.3, -0.25) is 19.3 Å². The third kappa shape index (κ3) is 16.8.